The minimum atomic E-state index is 0.0189. The topological polar surface area (TPSA) is 31.0 Å². The molecule has 3 nitrogen and oxygen atoms in total. The fourth-order valence-electron chi connectivity index (χ4n) is 3.32. The molecule has 0 radical (unpaired) electrons. The largest absolute Gasteiger partial charge is 0.379 e. The van der Waals surface area contributed by atoms with E-state index in [4.69, 9.17) is 14.2 Å². The van der Waals surface area contributed by atoms with Crippen molar-refractivity contribution < 1.29 is 14.2 Å². The normalized spacial score (nSPS) is 43.2. The highest BCUT2D eigenvalue weighted by molar-refractivity contribution is 5.21. The van der Waals surface area contributed by atoms with Crippen LogP contribution in [0, 0.1) is 5.41 Å². The Balaban J connectivity index is 1.87. The zero-order chi connectivity index (χ0) is 12.7. The van der Waals surface area contributed by atoms with E-state index in [0.717, 1.165) is 19.4 Å². The van der Waals surface area contributed by atoms with Gasteiger partial charge in [0.25, 0.3) is 0 Å². The van der Waals surface area contributed by atoms with Crippen LogP contribution in [0.2, 0.25) is 0 Å². The summed E-state index contributed by atoms with van der Waals surface area (Å²) in [7, 11) is 0. The molecule has 100 valence electrons. The molecule has 2 aliphatic rings. The molecule has 3 heteroatoms. The molecule has 1 heterocycles. The van der Waals surface area contributed by atoms with E-state index in [1.165, 1.54) is 0 Å². The van der Waals surface area contributed by atoms with Gasteiger partial charge < -0.3 is 14.2 Å². The smallest absolute Gasteiger partial charge is 0.100 e. The van der Waals surface area contributed by atoms with Crippen LogP contribution in [-0.2, 0) is 14.2 Å². The maximum absolute atomic E-state index is 6.01. The summed E-state index contributed by atoms with van der Waals surface area (Å²) in [6.45, 7) is 13.2. The third kappa shape index (κ3) is 2.13. The Morgan fingerprint density at radius 3 is 2.41 bits per heavy atom. The molecule has 0 bridgehead atoms. The summed E-state index contributed by atoms with van der Waals surface area (Å²) in [6, 6.07) is 0. The molecule has 0 amide bonds. The Morgan fingerprint density at radius 1 is 1.12 bits per heavy atom. The first-order valence-electron chi connectivity index (χ1n) is 6.74. The Kier molecular flexibility index (Phi) is 3.30. The number of hydrogen-bond donors (Lipinski definition) is 0. The molecule has 0 N–H and O–H groups in total. The molecule has 1 saturated carbocycles. The fourth-order valence-corrected chi connectivity index (χ4v) is 3.32. The molecule has 0 aromatic rings. The molecule has 2 fully saturated rings. The predicted octanol–water partition coefficient (Wildman–Crippen LogP) is 2.78. The average Bonchev–Trinajstić information content (AvgIpc) is 2.77. The van der Waals surface area contributed by atoms with E-state index in [2.05, 4.69) is 27.7 Å². The fraction of sp³-hybridized carbons (Fsp3) is 1.00. The van der Waals surface area contributed by atoms with Gasteiger partial charge in [0.15, 0.2) is 0 Å². The van der Waals surface area contributed by atoms with E-state index in [-0.39, 0.29) is 16.6 Å². The maximum atomic E-state index is 6.01. The minimum absolute atomic E-state index is 0.0189. The summed E-state index contributed by atoms with van der Waals surface area (Å²) in [5.41, 5.74) is 0.251. The summed E-state index contributed by atoms with van der Waals surface area (Å²) >= 11 is 0. The molecule has 2 rings (SSSR count). The van der Waals surface area contributed by atoms with Gasteiger partial charge in [0.1, 0.15) is 5.60 Å². The van der Waals surface area contributed by atoms with Gasteiger partial charge in [-0.1, -0.05) is 13.8 Å². The number of hydrogen-bond acceptors (Lipinski definition) is 3. The number of fused-ring (bicyclic) bond motifs is 1. The van der Waals surface area contributed by atoms with Crippen LogP contribution in [0.5, 0.6) is 0 Å². The average molecular weight is 242 g/mol. The van der Waals surface area contributed by atoms with E-state index in [9.17, 15) is 0 Å². The Morgan fingerprint density at radius 2 is 1.82 bits per heavy atom. The minimum Gasteiger partial charge on any atom is -0.379 e. The van der Waals surface area contributed by atoms with Gasteiger partial charge >= 0.3 is 0 Å². The van der Waals surface area contributed by atoms with Gasteiger partial charge in [0.05, 0.1) is 24.9 Å². The molecule has 0 unspecified atom stereocenters. The van der Waals surface area contributed by atoms with E-state index >= 15 is 0 Å². The van der Waals surface area contributed by atoms with Gasteiger partial charge in [0.2, 0.25) is 0 Å². The third-order valence-electron chi connectivity index (χ3n) is 4.83. The van der Waals surface area contributed by atoms with Crippen molar-refractivity contribution >= 4 is 0 Å². The molecular formula is C14H26O3. The van der Waals surface area contributed by atoms with Gasteiger partial charge in [0, 0.05) is 13.0 Å². The monoisotopic (exact) mass is 242 g/mol. The lowest BCUT2D eigenvalue weighted by Crippen LogP contribution is -2.46. The lowest BCUT2D eigenvalue weighted by atomic mass is 9.64. The lowest BCUT2D eigenvalue weighted by molar-refractivity contribution is -0.0393. The van der Waals surface area contributed by atoms with E-state index in [0.29, 0.717) is 19.3 Å². The van der Waals surface area contributed by atoms with Crippen molar-refractivity contribution in [3.05, 3.63) is 0 Å². The molecular weight excluding hydrogens is 216 g/mol. The summed E-state index contributed by atoms with van der Waals surface area (Å²) in [5.74, 6) is 0. The Hall–Kier alpha value is -0.120. The second-order valence-electron chi connectivity index (χ2n) is 6.35. The van der Waals surface area contributed by atoms with Gasteiger partial charge in [-0.2, -0.15) is 0 Å². The zero-order valence-electron chi connectivity index (χ0n) is 11.8. The SMILES string of the molecule is CCOCCO[C@H]1CC(C)(C)[C@@]2(C)O[C@@]2(C)C1. The van der Waals surface area contributed by atoms with Gasteiger partial charge in [-0.25, -0.2) is 0 Å². The van der Waals surface area contributed by atoms with Crippen molar-refractivity contribution in [1.29, 1.82) is 0 Å². The van der Waals surface area contributed by atoms with Crippen LogP contribution in [0.4, 0.5) is 0 Å². The number of rotatable bonds is 5. The summed E-state index contributed by atoms with van der Waals surface area (Å²) < 4.78 is 17.2. The maximum Gasteiger partial charge on any atom is 0.100 e. The molecule has 0 spiro atoms. The first-order chi connectivity index (χ1) is 7.85. The standard InChI is InChI=1S/C14H26O3/c1-6-15-7-8-16-11-9-12(2,3)14(5)13(4,10-11)17-14/h11H,6-10H2,1-5H3/t11-,13-,14+/m0/s1. The number of epoxide rings is 1. The first-order valence-corrected chi connectivity index (χ1v) is 6.74. The van der Waals surface area contributed by atoms with Gasteiger partial charge in [-0.3, -0.25) is 0 Å². The van der Waals surface area contributed by atoms with E-state index < -0.39 is 0 Å². The Labute approximate surface area is 105 Å². The van der Waals surface area contributed by atoms with Crippen molar-refractivity contribution in [2.75, 3.05) is 19.8 Å². The molecule has 3 atom stereocenters. The van der Waals surface area contributed by atoms with Crippen LogP contribution >= 0.6 is 0 Å². The first kappa shape index (κ1) is 13.3. The molecule has 0 aromatic carbocycles. The van der Waals surface area contributed by atoms with Crippen molar-refractivity contribution in [2.24, 2.45) is 5.41 Å². The summed E-state index contributed by atoms with van der Waals surface area (Å²) in [5, 5.41) is 0. The van der Waals surface area contributed by atoms with Crippen LogP contribution in [0.1, 0.15) is 47.5 Å². The Bertz CT molecular complexity index is 289. The van der Waals surface area contributed by atoms with Gasteiger partial charge in [-0.15, -0.1) is 0 Å². The molecule has 0 aromatic heterocycles. The highest BCUT2D eigenvalue weighted by Gasteiger charge is 2.73. The summed E-state index contributed by atoms with van der Waals surface area (Å²) in [6.07, 6.45) is 2.40. The van der Waals surface area contributed by atoms with E-state index in [1.807, 2.05) is 6.92 Å². The second-order valence-corrected chi connectivity index (χ2v) is 6.35. The molecule has 1 aliphatic carbocycles. The molecule has 1 aliphatic heterocycles. The van der Waals surface area contributed by atoms with Crippen molar-refractivity contribution in [3.8, 4) is 0 Å². The van der Waals surface area contributed by atoms with Crippen LogP contribution < -0.4 is 0 Å². The highest BCUT2D eigenvalue weighted by Crippen LogP contribution is 2.65. The highest BCUT2D eigenvalue weighted by atomic mass is 16.6. The van der Waals surface area contributed by atoms with Crippen molar-refractivity contribution in [3.63, 3.8) is 0 Å². The molecule has 17 heavy (non-hydrogen) atoms. The van der Waals surface area contributed by atoms with Crippen molar-refractivity contribution in [1.82, 2.24) is 0 Å². The molecule has 1 saturated heterocycles. The predicted molar refractivity (Wildman–Crippen MR) is 67.1 cm³/mol. The van der Waals surface area contributed by atoms with Gasteiger partial charge in [-0.05, 0) is 32.6 Å². The van der Waals surface area contributed by atoms with Crippen LogP contribution in [0.15, 0.2) is 0 Å². The lowest BCUT2D eigenvalue weighted by Gasteiger charge is -2.40. The quantitative estimate of drug-likeness (QED) is 0.548. The van der Waals surface area contributed by atoms with Crippen LogP contribution in [0.25, 0.3) is 0 Å². The van der Waals surface area contributed by atoms with Crippen LogP contribution in [0.3, 0.4) is 0 Å². The third-order valence-corrected chi connectivity index (χ3v) is 4.83. The van der Waals surface area contributed by atoms with Crippen molar-refractivity contribution in [2.45, 2.75) is 64.8 Å². The van der Waals surface area contributed by atoms with E-state index in [1.54, 1.807) is 0 Å². The second kappa shape index (κ2) is 4.22. The summed E-state index contributed by atoms with van der Waals surface area (Å²) in [4.78, 5) is 0. The van der Waals surface area contributed by atoms with Crippen LogP contribution in [-0.4, -0.2) is 37.1 Å². The number of ether oxygens (including phenoxy) is 3. The zero-order valence-corrected chi connectivity index (χ0v) is 11.8.